The van der Waals surface area contributed by atoms with Crippen LogP contribution in [-0.4, -0.2) is 0 Å². The first-order chi connectivity index (χ1) is 4.11. The van der Waals surface area contributed by atoms with Gasteiger partial charge in [0.15, 0.2) is 0 Å². The lowest BCUT2D eigenvalue weighted by molar-refractivity contribution is 0.521. The van der Waals surface area contributed by atoms with E-state index >= 15 is 0 Å². The lowest BCUT2D eigenvalue weighted by Gasteiger charge is -2.14. The summed E-state index contributed by atoms with van der Waals surface area (Å²) >= 11 is 0. The van der Waals surface area contributed by atoms with Crippen LogP contribution in [0, 0.1) is 0 Å². The van der Waals surface area contributed by atoms with E-state index in [0.717, 1.165) is 5.56 Å². The van der Waals surface area contributed by atoms with E-state index in [1.807, 2.05) is 19.9 Å². The molecule has 9 heavy (non-hydrogen) atoms. The van der Waals surface area contributed by atoms with Crippen molar-refractivity contribution in [2.24, 2.45) is 5.73 Å². The Morgan fingerprint density at radius 1 is 1.56 bits per heavy atom. The van der Waals surface area contributed by atoms with Gasteiger partial charge in [0.05, 0.1) is 12.5 Å². The van der Waals surface area contributed by atoms with E-state index in [1.165, 1.54) is 0 Å². The van der Waals surface area contributed by atoms with Crippen molar-refractivity contribution in [2.45, 2.75) is 19.4 Å². The average Bonchev–Trinajstić information content (AvgIpc) is 2.08. The van der Waals surface area contributed by atoms with Crippen LogP contribution in [0.25, 0.3) is 0 Å². The van der Waals surface area contributed by atoms with Gasteiger partial charge in [0.2, 0.25) is 0 Å². The van der Waals surface area contributed by atoms with Crippen molar-refractivity contribution in [3.8, 4) is 0 Å². The normalized spacial score (nSPS) is 11.9. The molecule has 1 heterocycles. The van der Waals surface area contributed by atoms with E-state index in [1.54, 1.807) is 12.5 Å². The zero-order valence-electron chi connectivity index (χ0n) is 5.72. The molecule has 0 aliphatic heterocycles. The maximum atomic E-state index is 5.74. The van der Waals surface area contributed by atoms with E-state index in [9.17, 15) is 0 Å². The van der Waals surface area contributed by atoms with Gasteiger partial charge in [-0.05, 0) is 19.9 Å². The van der Waals surface area contributed by atoms with Gasteiger partial charge < -0.3 is 10.2 Å². The van der Waals surface area contributed by atoms with E-state index in [4.69, 9.17) is 10.2 Å². The van der Waals surface area contributed by atoms with Crippen molar-refractivity contribution in [1.82, 2.24) is 0 Å². The number of rotatable bonds is 1. The second kappa shape index (κ2) is 1.88. The highest BCUT2D eigenvalue weighted by Crippen LogP contribution is 2.15. The van der Waals surface area contributed by atoms with Gasteiger partial charge in [-0.15, -0.1) is 0 Å². The van der Waals surface area contributed by atoms with Crippen LogP contribution in [0.1, 0.15) is 19.4 Å². The fourth-order valence-electron chi connectivity index (χ4n) is 0.631. The van der Waals surface area contributed by atoms with Crippen molar-refractivity contribution >= 4 is 0 Å². The lowest BCUT2D eigenvalue weighted by atomic mass is 9.99. The molecule has 0 aliphatic carbocycles. The van der Waals surface area contributed by atoms with Crippen molar-refractivity contribution in [3.05, 3.63) is 24.2 Å². The summed E-state index contributed by atoms with van der Waals surface area (Å²) < 4.78 is 4.86. The molecule has 50 valence electrons. The van der Waals surface area contributed by atoms with E-state index in [0.29, 0.717) is 0 Å². The fraction of sp³-hybridized carbons (Fsp3) is 0.429. The predicted molar refractivity (Wildman–Crippen MR) is 35.9 cm³/mol. The Kier molecular flexibility index (Phi) is 1.33. The van der Waals surface area contributed by atoms with Crippen LogP contribution < -0.4 is 5.73 Å². The first kappa shape index (κ1) is 6.36. The van der Waals surface area contributed by atoms with E-state index in [-0.39, 0.29) is 5.54 Å². The van der Waals surface area contributed by atoms with Crippen LogP contribution in [-0.2, 0) is 5.54 Å². The molecule has 0 saturated carbocycles. The molecule has 2 N–H and O–H groups in total. The molecule has 0 fully saturated rings. The van der Waals surface area contributed by atoms with Gasteiger partial charge >= 0.3 is 0 Å². The number of hydrogen-bond acceptors (Lipinski definition) is 2. The SMILES string of the molecule is CC(C)(N)c1ccoc1. The summed E-state index contributed by atoms with van der Waals surface area (Å²) in [7, 11) is 0. The molecule has 0 radical (unpaired) electrons. The number of hydrogen-bond donors (Lipinski definition) is 1. The van der Waals surface area contributed by atoms with Gasteiger partial charge in [0.1, 0.15) is 0 Å². The first-order valence-corrected chi connectivity index (χ1v) is 2.92. The van der Waals surface area contributed by atoms with Crippen LogP contribution in [0.2, 0.25) is 0 Å². The maximum Gasteiger partial charge on any atom is 0.0952 e. The smallest absolute Gasteiger partial charge is 0.0952 e. The highest BCUT2D eigenvalue weighted by atomic mass is 16.3. The zero-order chi connectivity index (χ0) is 6.91. The monoisotopic (exact) mass is 125 g/mol. The summed E-state index contributed by atoms with van der Waals surface area (Å²) in [5.41, 5.74) is 6.50. The molecule has 0 bridgehead atoms. The Hall–Kier alpha value is -0.760. The minimum atomic E-state index is -0.271. The van der Waals surface area contributed by atoms with Gasteiger partial charge in [-0.25, -0.2) is 0 Å². The van der Waals surface area contributed by atoms with Crippen molar-refractivity contribution in [2.75, 3.05) is 0 Å². The Morgan fingerprint density at radius 2 is 2.22 bits per heavy atom. The molecule has 0 saturated heterocycles. The molecule has 0 atom stereocenters. The van der Waals surface area contributed by atoms with Crippen molar-refractivity contribution in [3.63, 3.8) is 0 Å². The van der Waals surface area contributed by atoms with Crippen LogP contribution in [0.15, 0.2) is 23.0 Å². The van der Waals surface area contributed by atoms with Gasteiger partial charge in [-0.2, -0.15) is 0 Å². The summed E-state index contributed by atoms with van der Waals surface area (Å²) in [4.78, 5) is 0. The second-order valence-corrected chi connectivity index (χ2v) is 2.73. The van der Waals surface area contributed by atoms with E-state index < -0.39 is 0 Å². The number of furan rings is 1. The molecule has 0 aliphatic rings. The number of nitrogens with two attached hydrogens (primary N) is 1. The molecule has 2 nitrogen and oxygen atoms in total. The highest BCUT2D eigenvalue weighted by Gasteiger charge is 2.13. The first-order valence-electron chi connectivity index (χ1n) is 2.92. The summed E-state index contributed by atoms with van der Waals surface area (Å²) in [5.74, 6) is 0. The van der Waals surface area contributed by atoms with Crippen LogP contribution in [0.5, 0.6) is 0 Å². The largest absolute Gasteiger partial charge is 0.472 e. The predicted octanol–water partition coefficient (Wildman–Crippen LogP) is 1.47. The fourth-order valence-corrected chi connectivity index (χ4v) is 0.631. The summed E-state index contributed by atoms with van der Waals surface area (Å²) in [5, 5.41) is 0. The van der Waals surface area contributed by atoms with Gasteiger partial charge in [0.25, 0.3) is 0 Å². The summed E-state index contributed by atoms with van der Waals surface area (Å²) in [6.45, 7) is 3.88. The van der Waals surface area contributed by atoms with Crippen LogP contribution in [0.4, 0.5) is 0 Å². The minimum absolute atomic E-state index is 0.271. The zero-order valence-corrected chi connectivity index (χ0v) is 5.72. The molecule has 1 aromatic rings. The van der Waals surface area contributed by atoms with Crippen LogP contribution >= 0.6 is 0 Å². The van der Waals surface area contributed by atoms with Crippen LogP contribution in [0.3, 0.4) is 0 Å². The maximum absolute atomic E-state index is 5.74. The van der Waals surface area contributed by atoms with Gasteiger partial charge in [-0.1, -0.05) is 0 Å². The molecule has 0 unspecified atom stereocenters. The minimum Gasteiger partial charge on any atom is -0.472 e. The standard InChI is InChI=1S/C7H11NO/c1-7(2,8)6-3-4-9-5-6/h3-5H,8H2,1-2H3. The van der Waals surface area contributed by atoms with Crippen molar-refractivity contribution in [1.29, 1.82) is 0 Å². The lowest BCUT2D eigenvalue weighted by Crippen LogP contribution is -2.27. The summed E-state index contributed by atoms with van der Waals surface area (Å²) in [6, 6.07) is 1.88. The molecule has 0 spiro atoms. The molecule has 1 aromatic heterocycles. The van der Waals surface area contributed by atoms with Gasteiger partial charge in [0, 0.05) is 11.1 Å². The van der Waals surface area contributed by atoms with Crippen molar-refractivity contribution < 1.29 is 4.42 Å². The molecular formula is C7H11NO. The third kappa shape index (κ3) is 1.33. The van der Waals surface area contributed by atoms with E-state index in [2.05, 4.69) is 0 Å². The Morgan fingerprint density at radius 3 is 2.44 bits per heavy atom. The molecule has 0 aromatic carbocycles. The third-order valence-corrected chi connectivity index (χ3v) is 1.27. The van der Waals surface area contributed by atoms with Gasteiger partial charge in [-0.3, -0.25) is 0 Å². The summed E-state index contributed by atoms with van der Waals surface area (Å²) in [6.07, 6.45) is 3.30. The molecule has 0 amide bonds. The highest BCUT2D eigenvalue weighted by molar-refractivity contribution is 5.15. The average molecular weight is 125 g/mol. The second-order valence-electron chi connectivity index (χ2n) is 2.73. The molecule has 2 heteroatoms. The third-order valence-electron chi connectivity index (χ3n) is 1.27. The molecular weight excluding hydrogens is 114 g/mol. The topological polar surface area (TPSA) is 39.2 Å². The quantitative estimate of drug-likeness (QED) is 0.617. The Bertz CT molecular complexity index is 171. The Balaban J connectivity index is 2.90. The Labute approximate surface area is 54.7 Å². The molecule has 1 rings (SSSR count).